The fourth-order valence-corrected chi connectivity index (χ4v) is 6.38. The largest absolute Gasteiger partial charge is 0.495 e. The summed E-state index contributed by atoms with van der Waals surface area (Å²) in [4.78, 5) is 33.3. The first-order valence-electron chi connectivity index (χ1n) is 11.2. The minimum atomic E-state index is -0.0823. The van der Waals surface area contributed by atoms with Crippen LogP contribution in [0.2, 0.25) is 0 Å². The van der Waals surface area contributed by atoms with E-state index >= 15 is 0 Å². The van der Waals surface area contributed by atoms with E-state index in [1.54, 1.807) is 23.0 Å². The van der Waals surface area contributed by atoms with Crippen molar-refractivity contribution >= 4 is 39.2 Å². The van der Waals surface area contributed by atoms with Gasteiger partial charge < -0.3 is 10.1 Å². The number of hydrogen-bond acceptors (Lipinski definition) is 6. The summed E-state index contributed by atoms with van der Waals surface area (Å²) >= 11 is 2.92. The number of fused-ring (bicyclic) bond motifs is 3. The Bertz CT molecular complexity index is 1190. The van der Waals surface area contributed by atoms with Crippen molar-refractivity contribution in [1.29, 1.82) is 0 Å². The number of para-hydroxylation sites is 2. The number of thiophene rings is 1. The Morgan fingerprint density at radius 1 is 1.31 bits per heavy atom. The Hall–Kier alpha value is -2.32. The fourth-order valence-electron chi connectivity index (χ4n) is 4.26. The van der Waals surface area contributed by atoms with Crippen LogP contribution in [0.15, 0.2) is 34.2 Å². The van der Waals surface area contributed by atoms with Gasteiger partial charge in [0.1, 0.15) is 10.6 Å². The van der Waals surface area contributed by atoms with Gasteiger partial charge in [0.2, 0.25) is 5.91 Å². The molecule has 1 aliphatic rings. The molecule has 1 amide bonds. The quantitative estimate of drug-likeness (QED) is 0.380. The number of carbonyl (C=O) groups is 1. The summed E-state index contributed by atoms with van der Waals surface area (Å²) in [5, 5.41) is 4.27. The lowest BCUT2D eigenvalue weighted by Gasteiger charge is -2.16. The van der Waals surface area contributed by atoms with Crippen molar-refractivity contribution in [2.45, 2.75) is 63.6 Å². The van der Waals surface area contributed by atoms with E-state index in [-0.39, 0.29) is 23.3 Å². The number of rotatable bonds is 8. The highest BCUT2D eigenvalue weighted by atomic mass is 32.2. The molecule has 1 aromatic carbocycles. The van der Waals surface area contributed by atoms with Gasteiger partial charge in [-0.05, 0) is 56.7 Å². The zero-order valence-corrected chi connectivity index (χ0v) is 20.4. The van der Waals surface area contributed by atoms with E-state index in [2.05, 4.69) is 12.2 Å². The van der Waals surface area contributed by atoms with Crippen molar-refractivity contribution < 1.29 is 9.53 Å². The summed E-state index contributed by atoms with van der Waals surface area (Å²) in [6.45, 7) is 4.11. The molecule has 32 heavy (non-hydrogen) atoms. The summed E-state index contributed by atoms with van der Waals surface area (Å²) in [7, 11) is 1.59. The van der Waals surface area contributed by atoms with E-state index in [0.29, 0.717) is 16.6 Å². The van der Waals surface area contributed by atoms with Crippen LogP contribution in [-0.4, -0.2) is 34.4 Å². The average Bonchev–Trinajstić information content (AvgIpc) is 3.16. The zero-order valence-electron chi connectivity index (χ0n) is 18.8. The maximum Gasteiger partial charge on any atom is 0.267 e. The van der Waals surface area contributed by atoms with Crippen molar-refractivity contribution in [2.75, 3.05) is 12.9 Å². The number of nitrogens with one attached hydrogen (secondary N) is 1. The number of aromatic nitrogens is 2. The Labute approximate surface area is 196 Å². The van der Waals surface area contributed by atoms with Gasteiger partial charge in [-0.25, -0.2) is 4.98 Å². The molecule has 0 radical (unpaired) electrons. The van der Waals surface area contributed by atoms with E-state index in [4.69, 9.17) is 9.72 Å². The standard InChI is InChI=1S/C24H29N3O3S2/c1-4-9-15(2)25-20(28)14-31-24-26-22-21(16-10-5-8-13-19(16)32-22)23(29)27(24)17-11-6-7-12-18(17)30-3/h6-7,11-12,15H,4-5,8-10,13-14H2,1-3H3,(H,25,28). The van der Waals surface area contributed by atoms with E-state index in [1.165, 1.54) is 16.6 Å². The van der Waals surface area contributed by atoms with Gasteiger partial charge in [0.05, 0.1) is 23.9 Å². The molecule has 170 valence electrons. The number of thioether (sulfide) groups is 1. The minimum Gasteiger partial charge on any atom is -0.495 e. The number of benzene rings is 1. The number of carbonyl (C=O) groups excluding carboxylic acids is 1. The van der Waals surface area contributed by atoms with Crippen LogP contribution in [-0.2, 0) is 17.6 Å². The Balaban J connectivity index is 1.78. The number of ether oxygens (including phenoxy) is 1. The summed E-state index contributed by atoms with van der Waals surface area (Å²) in [5.41, 5.74) is 1.72. The predicted octanol–water partition coefficient (Wildman–Crippen LogP) is 4.73. The predicted molar refractivity (Wildman–Crippen MR) is 132 cm³/mol. The smallest absolute Gasteiger partial charge is 0.267 e. The van der Waals surface area contributed by atoms with E-state index in [1.807, 2.05) is 31.2 Å². The molecule has 1 atom stereocenters. The lowest BCUT2D eigenvalue weighted by atomic mass is 9.97. The molecule has 2 heterocycles. The van der Waals surface area contributed by atoms with Crippen LogP contribution < -0.4 is 15.6 Å². The monoisotopic (exact) mass is 471 g/mol. The number of hydrogen-bond donors (Lipinski definition) is 1. The SMILES string of the molecule is CCCC(C)NC(=O)CSc1nc2sc3c(c2c(=O)n1-c1ccccc1OC)CCCC3. The molecule has 1 aliphatic carbocycles. The third kappa shape index (κ3) is 4.57. The van der Waals surface area contributed by atoms with Crippen molar-refractivity contribution in [2.24, 2.45) is 0 Å². The third-order valence-corrected chi connectivity index (χ3v) is 7.87. The Morgan fingerprint density at radius 2 is 2.09 bits per heavy atom. The molecule has 1 unspecified atom stereocenters. The first-order valence-corrected chi connectivity index (χ1v) is 13.0. The lowest BCUT2D eigenvalue weighted by Crippen LogP contribution is -2.34. The molecule has 0 saturated heterocycles. The molecule has 3 aromatic rings. The summed E-state index contributed by atoms with van der Waals surface area (Å²) < 4.78 is 7.17. The van der Waals surface area contributed by atoms with Gasteiger partial charge in [-0.2, -0.15) is 0 Å². The number of aryl methyl sites for hydroxylation is 2. The summed E-state index contributed by atoms with van der Waals surface area (Å²) in [6.07, 6.45) is 6.13. The average molecular weight is 472 g/mol. The molecule has 6 nitrogen and oxygen atoms in total. The molecule has 2 aromatic heterocycles. The van der Waals surface area contributed by atoms with Crippen LogP contribution in [0.25, 0.3) is 15.9 Å². The second kappa shape index (κ2) is 10.1. The molecular formula is C24H29N3O3S2. The maximum absolute atomic E-state index is 13.8. The number of amides is 1. The van der Waals surface area contributed by atoms with E-state index < -0.39 is 0 Å². The van der Waals surface area contributed by atoms with Crippen LogP contribution in [0.1, 0.15) is 50.0 Å². The van der Waals surface area contributed by atoms with Crippen LogP contribution in [0.5, 0.6) is 5.75 Å². The molecule has 0 fully saturated rings. The Kier molecular flexibility index (Phi) is 7.20. The van der Waals surface area contributed by atoms with Crippen molar-refractivity contribution in [3.63, 3.8) is 0 Å². The minimum absolute atomic E-state index is 0.0534. The number of methoxy groups -OCH3 is 1. The van der Waals surface area contributed by atoms with Gasteiger partial charge in [0.25, 0.3) is 5.56 Å². The molecule has 0 bridgehead atoms. The molecule has 0 aliphatic heterocycles. The first-order chi connectivity index (χ1) is 15.5. The van der Waals surface area contributed by atoms with Crippen LogP contribution >= 0.6 is 23.1 Å². The third-order valence-electron chi connectivity index (χ3n) is 5.75. The summed E-state index contributed by atoms with van der Waals surface area (Å²) in [6, 6.07) is 7.58. The van der Waals surface area contributed by atoms with Gasteiger partial charge in [0.15, 0.2) is 5.16 Å². The zero-order chi connectivity index (χ0) is 22.7. The molecule has 1 N–H and O–H groups in total. The maximum atomic E-state index is 13.8. The molecule has 0 saturated carbocycles. The van der Waals surface area contributed by atoms with Crippen molar-refractivity contribution in [3.05, 3.63) is 45.1 Å². The highest BCUT2D eigenvalue weighted by Crippen LogP contribution is 2.36. The topological polar surface area (TPSA) is 73.2 Å². The molecule has 0 spiro atoms. The van der Waals surface area contributed by atoms with Gasteiger partial charge in [-0.15, -0.1) is 11.3 Å². The van der Waals surface area contributed by atoms with Crippen LogP contribution in [0.3, 0.4) is 0 Å². The van der Waals surface area contributed by atoms with Crippen molar-refractivity contribution in [3.8, 4) is 11.4 Å². The first kappa shape index (κ1) is 22.9. The van der Waals surface area contributed by atoms with Gasteiger partial charge >= 0.3 is 0 Å². The lowest BCUT2D eigenvalue weighted by molar-refractivity contribution is -0.119. The normalized spacial score (nSPS) is 14.2. The van der Waals surface area contributed by atoms with E-state index in [9.17, 15) is 9.59 Å². The summed E-state index contributed by atoms with van der Waals surface area (Å²) in [5.74, 6) is 0.747. The fraction of sp³-hybridized carbons (Fsp3) is 0.458. The second-order valence-corrected chi connectivity index (χ2v) is 10.2. The second-order valence-electron chi connectivity index (χ2n) is 8.14. The van der Waals surface area contributed by atoms with Gasteiger partial charge in [-0.3, -0.25) is 14.2 Å². The highest BCUT2D eigenvalue weighted by molar-refractivity contribution is 7.99. The molecule has 8 heteroatoms. The van der Waals surface area contributed by atoms with Crippen LogP contribution in [0.4, 0.5) is 0 Å². The van der Waals surface area contributed by atoms with E-state index in [0.717, 1.165) is 54.3 Å². The number of nitrogens with zero attached hydrogens (tertiary/aromatic N) is 2. The molecular weight excluding hydrogens is 442 g/mol. The van der Waals surface area contributed by atoms with Gasteiger partial charge in [-0.1, -0.05) is 37.2 Å². The molecule has 4 rings (SSSR count). The van der Waals surface area contributed by atoms with Gasteiger partial charge in [0, 0.05) is 10.9 Å². The van der Waals surface area contributed by atoms with Crippen LogP contribution in [0, 0.1) is 0 Å². The highest BCUT2D eigenvalue weighted by Gasteiger charge is 2.24. The Morgan fingerprint density at radius 3 is 2.88 bits per heavy atom. The van der Waals surface area contributed by atoms with Crippen molar-refractivity contribution in [1.82, 2.24) is 14.9 Å².